The third kappa shape index (κ3) is 3.81. The number of alkyl halides is 1. The van der Waals surface area contributed by atoms with Crippen LogP contribution < -0.4 is 0 Å². The Morgan fingerprint density at radius 2 is 1.77 bits per heavy atom. The van der Waals surface area contributed by atoms with Crippen LogP contribution >= 0.6 is 0 Å². The fraction of sp³-hybridized carbons (Fsp3) is 0.333. The first-order valence-corrected chi connectivity index (χ1v) is 5.96. The highest BCUT2D eigenvalue weighted by atomic mass is 19.1. The Labute approximate surface area is 123 Å². The number of esters is 1. The normalized spacial score (nSPS) is 11.8. The largest absolute Gasteiger partial charge is 0.460 e. The molecule has 0 spiro atoms. The summed E-state index contributed by atoms with van der Waals surface area (Å²) in [6.07, 6.45) is -3.50. The van der Waals surface area contributed by atoms with E-state index in [0.29, 0.717) is 12.1 Å². The molecule has 1 aromatic rings. The van der Waals surface area contributed by atoms with Crippen molar-refractivity contribution < 1.29 is 28.6 Å². The van der Waals surface area contributed by atoms with Crippen molar-refractivity contribution >= 4 is 23.1 Å². The maximum atomic E-state index is 13.8. The van der Waals surface area contributed by atoms with Gasteiger partial charge in [-0.3, -0.25) is 25.0 Å². The molecule has 10 heteroatoms. The highest BCUT2D eigenvalue weighted by molar-refractivity contribution is 6.13. The molecular weight excluding hydrogens is 303 g/mol. The number of hydrogen-bond donors (Lipinski definition) is 0. The van der Waals surface area contributed by atoms with Crippen molar-refractivity contribution in [1.29, 1.82) is 0 Å². The summed E-state index contributed by atoms with van der Waals surface area (Å²) in [5.41, 5.74) is -2.35. The molecule has 0 heterocycles. The average molecular weight is 314 g/mol. The van der Waals surface area contributed by atoms with Crippen molar-refractivity contribution in [3.05, 3.63) is 44.0 Å². The first kappa shape index (κ1) is 17.1. The molecule has 0 aliphatic carbocycles. The summed E-state index contributed by atoms with van der Waals surface area (Å²) < 4.78 is 18.3. The van der Waals surface area contributed by atoms with Gasteiger partial charge in [0.2, 0.25) is 5.78 Å². The predicted octanol–water partition coefficient (Wildman–Crippen LogP) is 1.98. The van der Waals surface area contributed by atoms with E-state index in [1.807, 2.05) is 0 Å². The van der Waals surface area contributed by atoms with E-state index in [9.17, 15) is 34.2 Å². The van der Waals surface area contributed by atoms with Crippen molar-refractivity contribution in [3.63, 3.8) is 0 Å². The SMILES string of the molecule is CC(C)OC(=O)C(F)C(=O)c1cc([N+](=O)[O-])ccc1[N+](=O)[O-]. The Bertz CT molecular complexity index is 644. The van der Waals surface area contributed by atoms with Gasteiger partial charge in [-0.2, -0.15) is 0 Å². The van der Waals surface area contributed by atoms with Gasteiger partial charge in [-0.1, -0.05) is 0 Å². The van der Waals surface area contributed by atoms with E-state index < -0.39 is 50.8 Å². The zero-order valence-electron chi connectivity index (χ0n) is 11.5. The monoisotopic (exact) mass is 314 g/mol. The summed E-state index contributed by atoms with van der Waals surface area (Å²) in [5, 5.41) is 21.5. The van der Waals surface area contributed by atoms with Gasteiger partial charge in [-0.15, -0.1) is 0 Å². The molecule has 118 valence electrons. The number of ketones is 1. The minimum Gasteiger partial charge on any atom is -0.460 e. The van der Waals surface area contributed by atoms with Crippen molar-refractivity contribution in [2.75, 3.05) is 0 Å². The molecule has 0 fully saturated rings. The van der Waals surface area contributed by atoms with Gasteiger partial charge < -0.3 is 4.74 Å². The molecule has 1 unspecified atom stereocenters. The Kier molecular flexibility index (Phi) is 5.22. The molecular formula is C12H11FN2O7. The third-order valence-electron chi connectivity index (χ3n) is 2.44. The number of hydrogen-bond acceptors (Lipinski definition) is 7. The van der Waals surface area contributed by atoms with Gasteiger partial charge in [0, 0.05) is 18.2 Å². The zero-order chi connectivity index (χ0) is 17.0. The van der Waals surface area contributed by atoms with Crippen LogP contribution in [-0.4, -0.2) is 33.9 Å². The van der Waals surface area contributed by atoms with Gasteiger partial charge in [0.05, 0.1) is 16.0 Å². The van der Waals surface area contributed by atoms with Crippen LogP contribution in [0.3, 0.4) is 0 Å². The first-order valence-electron chi connectivity index (χ1n) is 5.96. The molecule has 0 radical (unpaired) electrons. The van der Waals surface area contributed by atoms with Crippen LogP contribution in [0.25, 0.3) is 0 Å². The summed E-state index contributed by atoms with van der Waals surface area (Å²) >= 11 is 0. The van der Waals surface area contributed by atoms with E-state index in [0.717, 1.165) is 6.07 Å². The molecule has 0 saturated heterocycles. The minimum absolute atomic E-state index is 0.551. The number of Topliss-reactive ketones (excluding diaryl/α,β-unsaturated/α-hetero) is 1. The topological polar surface area (TPSA) is 130 Å². The number of nitro groups is 2. The number of rotatable bonds is 6. The first-order chi connectivity index (χ1) is 10.1. The van der Waals surface area contributed by atoms with Crippen LogP contribution in [0.15, 0.2) is 18.2 Å². The molecule has 0 aliphatic rings. The fourth-order valence-corrected chi connectivity index (χ4v) is 1.53. The van der Waals surface area contributed by atoms with Crippen LogP contribution in [-0.2, 0) is 9.53 Å². The Hall–Kier alpha value is -2.91. The van der Waals surface area contributed by atoms with E-state index in [1.165, 1.54) is 13.8 Å². The van der Waals surface area contributed by atoms with Crippen molar-refractivity contribution in [3.8, 4) is 0 Å². The highest BCUT2D eigenvalue weighted by Crippen LogP contribution is 2.26. The quantitative estimate of drug-likeness (QED) is 0.258. The number of nitrogens with zero attached hydrogens (tertiary/aromatic N) is 2. The molecule has 1 rings (SSSR count). The lowest BCUT2D eigenvalue weighted by Crippen LogP contribution is -2.30. The molecule has 0 N–H and O–H groups in total. The van der Waals surface area contributed by atoms with Crippen LogP contribution in [0.4, 0.5) is 15.8 Å². The maximum Gasteiger partial charge on any atom is 0.349 e. The fourth-order valence-electron chi connectivity index (χ4n) is 1.53. The van der Waals surface area contributed by atoms with E-state index in [-0.39, 0.29) is 0 Å². The lowest BCUT2D eigenvalue weighted by atomic mass is 10.0. The van der Waals surface area contributed by atoms with Gasteiger partial charge in [0.1, 0.15) is 5.56 Å². The lowest BCUT2D eigenvalue weighted by molar-refractivity contribution is -0.389. The molecule has 0 aromatic heterocycles. The van der Waals surface area contributed by atoms with Crippen LogP contribution in [0.5, 0.6) is 0 Å². The van der Waals surface area contributed by atoms with Gasteiger partial charge in [-0.05, 0) is 13.8 Å². The van der Waals surface area contributed by atoms with Crippen LogP contribution in [0, 0.1) is 20.2 Å². The standard InChI is InChI=1S/C12H11FN2O7/c1-6(2)22-12(17)10(13)11(16)8-5-7(14(18)19)3-4-9(8)15(20)21/h3-6,10H,1-2H3. The van der Waals surface area contributed by atoms with E-state index in [2.05, 4.69) is 4.74 Å². The van der Waals surface area contributed by atoms with E-state index in [1.54, 1.807) is 0 Å². The second-order valence-corrected chi connectivity index (χ2v) is 4.43. The van der Waals surface area contributed by atoms with Crippen molar-refractivity contribution in [2.45, 2.75) is 26.1 Å². The van der Waals surface area contributed by atoms with E-state index in [4.69, 9.17) is 0 Å². The van der Waals surface area contributed by atoms with Gasteiger partial charge in [0.15, 0.2) is 0 Å². The highest BCUT2D eigenvalue weighted by Gasteiger charge is 2.35. The molecule has 0 amide bonds. The van der Waals surface area contributed by atoms with Gasteiger partial charge in [-0.25, -0.2) is 9.18 Å². The minimum atomic E-state index is -2.80. The Morgan fingerprint density at radius 1 is 1.18 bits per heavy atom. The van der Waals surface area contributed by atoms with E-state index >= 15 is 0 Å². The maximum absolute atomic E-state index is 13.8. The van der Waals surface area contributed by atoms with Crippen LogP contribution in [0.2, 0.25) is 0 Å². The predicted molar refractivity (Wildman–Crippen MR) is 70.2 cm³/mol. The Morgan fingerprint density at radius 3 is 2.23 bits per heavy atom. The van der Waals surface area contributed by atoms with Gasteiger partial charge >= 0.3 is 5.97 Å². The van der Waals surface area contributed by atoms with Crippen molar-refractivity contribution in [1.82, 2.24) is 0 Å². The average Bonchev–Trinajstić information content (AvgIpc) is 2.43. The summed E-state index contributed by atoms with van der Waals surface area (Å²) in [4.78, 5) is 42.8. The summed E-state index contributed by atoms with van der Waals surface area (Å²) in [6, 6.07) is 2.05. The molecule has 9 nitrogen and oxygen atoms in total. The molecule has 22 heavy (non-hydrogen) atoms. The summed E-state index contributed by atoms with van der Waals surface area (Å²) in [7, 11) is 0. The molecule has 0 aliphatic heterocycles. The van der Waals surface area contributed by atoms with Gasteiger partial charge in [0.25, 0.3) is 17.5 Å². The molecule has 1 aromatic carbocycles. The molecule has 1 atom stereocenters. The van der Waals surface area contributed by atoms with Crippen LogP contribution in [0.1, 0.15) is 24.2 Å². The second-order valence-electron chi connectivity index (χ2n) is 4.43. The lowest BCUT2D eigenvalue weighted by Gasteiger charge is -2.10. The molecule has 0 saturated carbocycles. The summed E-state index contributed by atoms with van der Waals surface area (Å²) in [6.45, 7) is 2.84. The number of carbonyl (C=O) groups is 2. The number of non-ortho nitro benzene ring substituents is 1. The number of halogens is 1. The Balaban J connectivity index is 3.25. The number of nitro benzene ring substituents is 2. The number of carbonyl (C=O) groups excluding carboxylic acids is 2. The van der Waals surface area contributed by atoms with Crippen molar-refractivity contribution in [2.24, 2.45) is 0 Å². The third-order valence-corrected chi connectivity index (χ3v) is 2.44. The zero-order valence-corrected chi connectivity index (χ0v) is 11.5. The number of benzene rings is 1. The number of ether oxygens (including phenoxy) is 1. The second kappa shape index (κ2) is 6.70. The molecule has 0 bridgehead atoms. The summed E-state index contributed by atoms with van der Waals surface area (Å²) in [5.74, 6) is -3.08. The smallest absolute Gasteiger partial charge is 0.349 e.